The topological polar surface area (TPSA) is 58.4 Å². The molecule has 0 saturated carbocycles. The zero-order chi connectivity index (χ0) is 15.1. The number of amides is 1. The molecule has 116 valence electrons. The van der Waals surface area contributed by atoms with E-state index in [1.165, 1.54) is 0 Å². The molecule has 2 rings (SSSR count). The van der Waals surface area contributed by atoms with Gasteiger partial charge in [0.15, 0.2) is 0 Å². The summed E-state index contributed by atoms with van der Waals surface area (Å²) in [5.41, 5.74) is 6.66. The summed E-state index contributed by atoms with van der Waals surface area (Å²) in [6.45, 7) is 3.81. The maximum Gasteiger partial charge on any atom is 0.234 e. The number of carbonyl (C=O) groups is 1. The van der Waals surface area contributed by atoms with Gasteiger partial charge < -0.3 is 11.1 Å². The molecule has 0 spiro atoms. The molecule has 1 aromatic rings. The molecule has 0 unspecified atom stereocenters. The summed E-state index contributed by atoms with van der Waals surface area (Å²) >= 11 is 5.84. The highest BCUT2D eigenvalue weighted by atomic mass is 35.5. The Kier molecular flexibility index (Phi) is 6.49. The van der Waals surface area contributed by atoms with Crippen LogP contribution in [0.2, 0.25) is 5.02 Å². The van der Waals surface area contributed by atoms with Crippen LogP contribution < -0.4 is 11.1 Å². The number of benzene rings is 1. The molecule has 0 aliphatic carbocycles. The number of likely N-dealkylation sites (tertiary alicyclic amines) is 1. The van der Waals surface area contributed by atoms with Crippen molar-refractivity contribution < 1.29 is 4.79 Å². The van der Waals surface area contributed by atoms with Crippen LogP contribution in [0.15, 0.2) is 24.3 Å². The molecule has 1 aliphatic heterocycles. The van der Waals surface area contributed by atoms with E-state index in [4.69, 9.17) is 17.3 Å². The van der Waals surface area contributed by atoms with E-state index < -0.39 is 0 Å². The summed E-state index contributed by atoms with van der Waals surface area (Å²) in [5.74, 6) is 0.825. The molecule has 3 N–H and O–H groups in total. The van der Waals surface area contributed by atoms with Gasteiger partial charge in [0.25, 0.3) is 0 Å². The third-order valence-corrected chi connectivity index (χ3v) is 4.30. The zero-order valence-electron chi connectivity index (χ0n) is 12.4. The van der Waals surface area contributed by atoms with Gasteiger partial charge in [-0.1, -0.05) is 23.7 Å². The standard InChI is InChI=1S/C16H24ClN3O/c17-15-3-1-14(2-4-15)11-19-16(21)12-20-9-6-13(5-8-18)7-10-20/h1-4,13H,5-12,18H2,(H,19,21). The minimum atomic E-state index is 0.0854. The minimum absolute atomic E-state index is 0.0854. The lowest BCUT2D eigenvalue weighted by Crippen LogP contribution is -2.41. The summed E-state index contributed by atoms with van der Waals surface area (Å²) < 4.78 is 0. The van der Waals surface area contributed by atoms with Crippen molar-refractivity contribution in [1.82, 2.24) is 10.2 Å². The molecular formula is C16H24ClN3O. The van der Waals surface area contributed by atoms with E-state index in [1.807, 2.05) is 24.3 Å². The quantitative estimate of drug-likeness (QED) is 0.845. The fourth-order valence-electron chi connectivity index (χ4n) is 2.73. The average Bonchev–Trinajstić information content (AvgIpc) is 2.49. The Bertz CT molecular complexity index is 441. The zero-order valence-corrected chi connectivity index (χ0v) is 13.1. The van der Waals surface area contributed by atoms with Crippen LogP contribution in [0.5, 0.6) is 0 Å². The molecule has 21 heavy (non-hydrogen) atoms. The summed E-state index contributed by atoms with van der Waals surface area (Å²) in [6, 6.07) is 7.54. The van der Waals surface area contributed by atoms with Crippen molar-refractivity contribution in [3.05, 3.63) is 34.9 Å². The van der Waals surface area contributed by atoms with Gasteiger partial charge in [0.1, 0.15) is 0 Å². The van der Waals surface area contributed by atoms with Crippen molar-refractivity contribution in [2.45, 2.75) is 25.8 Å². The van der Waals surface area contributed by atoms with Gasteiger partial charge in [-0.3, -0.25) is 9.69 Å². The summed E-state index contributed by atoms with van der Waals surface area (Å²) in [6.07, 6.45) is 3.42. The van der Waals surface area contributed by atoms with Crippen LogP contribution in [0.25, 0.3) is 0 Å². The van der Waals surface area contributed by atoms with Crippen molar-refractivity contribution >= 4 is 17.5 Å². The first-order valence-corrected chi connectivity index (χ1v) is 7.98. The highest BCUT2D eigenvalue weighted by Crippen LogP contribution is 2.19. The number of hydrogen-bond acceptors (Lipinski definition) is 3. The van der Waals surface area contributed by atoms with Gasteiger partial charge in [-0.25, -0.2) is 0 Å². The van der Waals surface area contributed by atoms with E-state index in [-0.39, 0.29) is 5.91 Å². The van der Waals surface area contributed by atoms with Crippen molar-refractivity contribution in [2.24, 2.45) is 11.7 Å². The fraction of sp³-hybridized carbons (Fsp3) is 0.562. The van der Waals surface area contributed by atoms with Crippen LogP contribution in [0, 0.1) is 5.92 Å². The molecule has 0 bridgehead atoms. The number of nitrogens with one attached hydrogen (secondary N) is 1. The molecule has 1 aromatic carbocycles. The van der Waals surface area contributed by atoms with E-state index >= 15 is 0 Å². The Hall–Kier alpha value is -1.10. The van der Waals surface area contributed by atoms with E-state index in [2.05, 4.69) is 10.2 Å². The Balaban J connectivity index is 1.67. The molecule has 0 radical (unpaired) electrons. The summed E-state index contributed by atoms with van der Waals surface area (Å²) in [5, 5.41) is 3.67. The third-order valence-electron chi connectivity index (χ3n) is 4.05. The van der Waals surface area contributed by atoms with E-state index in [9.17, 15) is 4.79 Å². The smallest absolute Gasteiger partial charge is 0.234 e. The SMILES string of the molecule is NCCC1CCN(CC(=O)NCc2ccc(Cl)cc2)CC1. The van der Waals surface area contributed by atoms with Crippen LogP contribution in [-0.2, 0) is 11.3 Å². The number of nitrogens with two attached hydrogens (primary N) is 1. The lowest BCUT2D eigenvalue weighted by atomic mass is 9.94. The van der Waals surface area contributed by atoms with Crippen LogP contribution in [0.4, 0.5) is 0 Å². The van der Waals surface area contributed by atoms with Gasteiger partial charge >= 0.3 is 0 Å². The maximum absolute atomic E-state index is 12.0. The summed E-state index contributed by atoms with van der Waals surface area (Å²) in [7, 11) is 0. The predicted molar refractivity (Wildman–Crippen MR) is 86.1 cm³/mol. The molecule has 0 aromatic heterocycles. The van der Waals surface area contributed by atoms with Gasteiger partial charge in [-0.2, -0.15) is 0 Å². The van der Waals surface area contributed by atoms with Crippen molar-refractivity contribution in [3.63, 3.8) is 0 Å². The number of hydrogen-bond donors (Lipinski definition) is 2. The van der Waals surface area contributed by atoms with Crippen LogP contribution >= 0.6 is 11.6 Å². The molecule has 0 atom stereocenters. The normalized spacial score (nSPS) is 16.9. The van der Waals surface area contributed by atoms with Crippen LogP contribution in [-0.4, -0.2) is 37.0 Å². The number of nitrogens with zero attached hydrogens (tertiary/aromatic N) is 1. The highest BCUT2D eigenvalue weighted by molar-refractivity contribution is 6.30. The first-order chi connectivity index (χ1) is 10.2. The van der Waals surface area contributed by atoms with Crippen molar-refractivity contribution in [1.29, 1.82) is 0 Å². The third kappa shape index (κ3) is 5.65. The second kappa shape index (κ2) is 8.37. The van der Waals surface area contributed by atoms with Gasteiger partial charge in [-0.05, 0) is 62.5 Å². The fourth-order valence-corrected chi connectivity index (χ4v) is 2.86. The number of rotatable bonds is 6. The number of piperidine rings is 1. The van der Waals surface area contributed by atoms with Gasteiger partial charge in [0, 0.05) is 11.6 Å². The van der Waals surface area contributed by atoms with Crippen LogP contribution in [0.3, 0.4) is 0 Å². The first kappa shape index (κ1) is 16.3. The van der Waals surface area contributed by atoms with Gasteiger partial charge in [0.2, 0.25) is 5.91 Å². The van der Waals surface area contributed by atoms with Gasteiger partial charge in [-0.15, -0.1) is 0 Å². The van der Waals surface area contributed by atoms with Gasteiger partial charge in [0.05, 0.1) is 6.54 Å². The first-order valence-electron chi connectivity index (χ1n) is 7.61. The Labute approximate surface area is 131 Å². The highest BCUT2D eigenvalue weighted by Gasteiger charge is 2.20. The molecule has 5 heteroatoms. The molecule has 1 aliphatic rings. The number of carbonyl (C=O) groups excluding carboxylic acids is 1. The largest absolute Gasteiger partial charge is 0.351 e. The maximum atomic E-state index is 12.0. The Morgan fingerprint density at radius 3 is 2.57 bits per heavy atom. The van der Waals surface area contributed by atoms with E-state index in [0.29, 0.717) is 18.1 Å². The minimum Gasteiger partial charge on any atom is -0.351 e. The molecule has 1 heterocycles. The monoisotopic (exact) mass is 309 g/mol. The predicted octanol–water partition coefficient (Wildman–Crippen LogP) is 2.02. The second-order valence-electron chi connectivity index (χ2n) is 5.70. The Morgan fingerprint density at radius 1 is 1.29 bits per heavy atom. The molecule has 1 saturated heterocycles. The van der Waals surface area contributed by atoms with Crippen molar-refractivity contribution in [2.75, 3.05) is 26.2 Å². The second-order valence-corrected chi connectivity index (χ2v) is 6.14. The van der Waals surface area contributed by atoms with E-state index in [1.54, 1.807) is 0 Å². The summed E-state index contributed by atoms with van der Waals surface area (Å²) in [4.78, 5) is 14.2. The van der Waals surface area contributed by atoms with E-state index in [0.717, 1.165) is 50.4 Å². The lowest BCUT2D eigenvalue weighted by Gasteiger charge is -2.31. The average molecular weight is 310 g/mol. The Morgan fingerprint density at radius 2 is 1.95 bits per heavy atom. The van der Waals surface area contributed by atoms with Crippen LogP contribution in [0.1, 0.15) is 24.8 Å². The number of halogens is 1. The molecule has 4 nitrogen and oxygen atoms in total. The van der Waals surface area contributed by atoms with Crippen molar-refractivity contribution in [3.8, 4) is 0 Å². The molecule has 1 amide bonds. The molecular weight excluding hydrogens is 286 g/mol. The molecule has 1 fully saturated rings. The lowest BCUT2D eigenvalue weighted by molar-refractivity contribution is -0.122.